The summed E-state index contributed by atoms with van der Waals surface area (Å²) in [7, 11) is 0. The van der Waals surface area contributed by atoms with Crippen LogP contribution in [-0.4, -0.2) is 0 Å². The van der Waals surface area contributed by atoms with Gasteiger partial charge in [0, 0.05) is 5.56 Å². The Bertz CT molecular complexity index is 446. The van der Waals surface area contributed by atoms with Crippen molar-refractivity contribution in [1.82, 2.24) is 5.43 Å². The molecule has 2 heterocycles. The van der Waals surface area contributed by atoms with E-state index in [0.717, 1.165) is 29.1 Å². The van der Waals surface area contributed by atoms with Gasteiger partial charge >= 0.3 is 0 Å². The molecular weight excluding hydrogens is 204 g/mol. The molecule has 3 N–H and O–H groups in total. The van der Waals surface area contributed by atoms with Gasteiger partial charge in [-0.2, -0.15) is 0 Å². The van der Waals surface area contributed by atoms with E-state index in [9.17, 15) is 0 Å². The van der Waals surface area contributed by atoms with Gasteiger partial charge < -0.3 is 8.83 Å². The lowest BCUT2D eigenvalue weighted by Gasteiger charge is -2.13. The fraction of sp³-hybridized carbons (Fsp3) is 0.333. The number of hydrogen-bond donors (Lipinski definition) is 2. The van der Waals surface area contributed by atoms with Crippen LogP contribution in [0.4, 0.5) is 0 Å². The van der Waals surface area contributed by atoms with Crippen molar-refractivity contribution < 1.29 is 8.83 Å². The Kier molecular flexibility index (Phi) is 3.12. The molecule has 0 spiro atoms. The Hall–Kier alpha value is -1.52. The molecule has 2 aromatic rings. The summed E-state index contributed by atoms with van der Waals surface area (Å²) < 4.78 is 10.5. The first kappa shape index (κ1) is 11.0. The van der Waals surface area contributed by atoms with Crippen LogP contribution in [0.1, 0.15) is 28.7 Å². The molecule has 4 nitrogen and oxygen atoms in total. The Morgan fingerprint density at radius 3 is 2.75 bits per heavy atom. The first-order chi connectivity index (χ1) is 7.70. The van der Waals surface area contributed by atoms with E-state index >= 15 is 0 Å². The van der Waals surface area contributed by atoms with Crippen LogP contribution in [-0.2, 0) is 6.42 Å². The van der Waals surface area contributed by atoms with Crippen LogP contribution in [0.2, 0.25) is 0 Å². The van der Waals surface area contributed by atoms with Gasteiger partial charge in [-0.05, 0) is 38.0 Å². The highest BCUT2D eigenvalue weighted by Gasteiger charge is 2.16. The number of hydrogen-bond acceptors (Lipinski definition) is 4. The first-order valence-electron chi connectivity index (χ1n) is 5.25. The van der Waals surface area contributed by atoms with Crippen molar-refractivity contribution in [2.45, 2.75) is 26.3 Å². The van der Waals surface area contributed by atoms with Crippen LogP contribution in [0.3, 0.4) is 0 Å². The topological polar surface area (TPSA) is 64.3 Å². The second kappa shape index (κ2) is 4.55. The summed E-state index contributed by atoms with van der Waals surface area (Å²) in [6.07, 6.45) is 4.18. The SMILES string of the molecule is Cc1cc(C(Cc2ccoc2)NN)c(C)o1. The highest BCUT2D eigenvalue weighted by molar-refractivity contribution is 5.26. The maximum Gasteiger partial charge on any atom is 0.105 e. The molecule has 0 saturated carbocycles. The molecule has 0 aliphatic rings. The zero-order chi connectivity index (χ0) is 11.5. The van der Waals surface area contributed by atoms with E-state index in [0.29, 0.717) is 0 Å². The average molecular weight is 220 g/mol. The van der Waals surface area contributed by atoms with Crippen LogP contribution >= 0.6 is 0 Å². The lowest BCUT2D eigenvalue weighted by molar-refractivity contribution is 0.483. The summed E-state index contributed by atoms with van der Waals surface area (Å²) in [5, 5.41) is 0. The van der Waals surface area contributed by atoms with E-state index in [1.165, 1.54) is 0 Å². The van der Waals surface area contributed by atoms with Crippen molar-refractivity contribution in [3.63, 3.8) is 0 Å². The van der Waals surface area contributed by atoms with Gasteiger partial charge in [0.25, 0.3) is 0 Å². The normalized spacial score (nSPS) is 12.9. The molecule has 2 rings (SSSR count). The first-order valence-corrected chi connectivity index (χ1v) is 5.25. The zero-order valence-corrected chi connectivity index (χ0v) is 9.49. The Morgan fingerprint density at radius 2 is 2.25 bits per heavy atom. The zero-order valence-electron chi connectivity index (χ0n) is 9.49. The number of hydrazine groups is 1. The van der Waals surface area contributed by atoms with E-state index in [1.807, 2.05) is 26.0 Å². The lowest BCUT2D eigenvalue weighted by Crippen LogP contribution is -2.29. The molecular formula is C12H16N2O2. The fourth-order valence-corrected chi connectivity index (χ4v) is 1.90. The summed E-state index contributed by atoms with van der Waals surface area (Å²) in [5.41, 5.74) is 5.02. The predicted octanol–water partition coefficient (Wildman–Crippen LogP) is 2.24. The largest absolute Gasteiger partial charge is 0.472 e. The van der Waals surface area contributed by atoms with Gasteiger partial charge in [0.2, 0.25) is 0 Å². The molecule has 0 bridgehead atoms. The molecule has 1 atom stereocenters. The fourth-order valence-electron chi connectivity index (χ4n) is 1.90. The third-order valence-electron chi connectivity index (χ3n) is 2.68. The van der Waals surface area contributed by atoms with Crippen molar-refractivity contribution in [3.05, 3.63) is 47.3 Å². The van der Waals surface area contributed by atoms with Gasteiger partial charge in [-0.25, -0.2) is 0 Å². The van der Waals surface area contributed by atoms with E-state index in [4.69, 9.17) is 14.7 Å². The third-order valence-corrected chi connectivity index (χ3v) is 2.68. The van der Waals surface area contributed by atoms with Crippen LogP contribution in [0, 0.1) is 13.8 Å². The van der Waals surface area contributed by atoms with Crippen molar-refractivity contribution in [2.75, 3.05) is 0 Å². The molecule has 86 valence electrons. The van der Waals surface area contributed by atoms with Crippen molar-refractivity contribution in [1.29, 1.82) is 0 Å². The monoisotopic (exact) mass is 220 g/mol. The number of aryl methyl sites for hydroxylation is 2. The minimum Gasteiger partial charge on any atom is -0.472 e. The van der Waals surface area contributed by atoms with Gasteiger partial charge in [-0.1, -0.05) is 0 Å². The summed E-state index contributed by atoms with van der Waals surface area (Å²) in [5.74, 6) is 7.39. The van der Waals surface area contributed by atoms with Crippen molar-refractivity contribution in [3.8, 4) is 0 Å². The molecule has 0 amide bonds. The van der Waals surface area contributed by atoms with Crippen LogP contribution in [0.15, 0.2) is 33.5 Å². The highest BCUT2D eigenvalue weighted by atomic mass is 16.3. The predicted molar refractivity (Wildman–Crippen MR) is 60.7 cm³/mol. The second-order valence-corrected chi connectivity index (χ2v) is 3.92. The Morgan fingerprint density at radius 1 is 1.44 bits per heavy atom. The van der Waals surface area contributed by atoms with Crippen LogP contribution in [0.5, 0.6) is 0 Å². The van der Waals surface area contributed by atoms with Gasteiger partial charge in [-0.3, -0.25) is 11.3 Å². The maximum atomic E-state index is 5.58. The quantitative estimate of drug-likeness (QED) is 0.612. The minimum absolute atomic E-state index is 0.0510. The van der Waals surface area contributed by atoms with Crippen LogP contribution in [0.25, 0.3) is 0 Å². The Balaban J connectivity index is 2.19. The molecule has 0 radical (unpaired) electrons. The number of rotatable bonds is 4. The smallest absolute Gasteiger partial charge is 0.105 e. The molecule has 0 aliphatic heterocycles. The summed E-state index contributed by atoms with van der Waals surface area (Å²) >= 11 is 0. The van der Waals surface area contributed by atoms with E-state index < -0.39 is 0 Å². The average Bonchev–Trinajstić information content (AvgIpc) is 2.85. The van der Waals surface area contributed by atoms with E-state index in [1.54, 1.807) is 12.5 Å². The van der Waals surface area contributed by atoms with Crippen molar-refractivity contribution >= 4 is 0 Å². The summed E-state index contributed by atoms with van der Waals surface area (Å²) in [6.45, 7) is 3.88. The molecule has 0 aliphatic carbocycles. The molecule has 0 aromatic carbocycles. The molecule has 16 heavy (non-hydrogen) atoms. The third kappa shape index (κ3) is 2.18. The van der Waals surface area contributed by atoms with Gasteiger partial charge in [0.05, 0.1) is 18.6 Å². The standard InChI is InChI=1S/C12H16N2O2/c1-8-5-11(9(2)16-8)12(14-13)6-10-3-4-15-7-10/h3-5,7,12,14H,6,13H2,1-2H3. The molecule has 1 unspecified atom stereocenters. The van der Waals surface area contributed by atoms with Gasteiger partial charge in [-0.15, -0.1) is 0 Å². The van der Waals surface area contributed by atoms with Crippen LogP contribution < -0.4 is 11.3 Å². The van der Waals surface area contributed by atoms with E-state index in [2.05, 4.69) is 5.43 Å². The lowest BCUT2D eigenvalue weighted by atomic mass is 10.0. The van der Waals surface area contributed by atoms with Gasteiger partial charge in [0.1, 0.15) is 11.5 Å². The minimum atomic E-state index is 0.0510. The number of nitrogens with one attached hydrogen (secondary N) is 1. The van der Waals surface area contributed by atoms with Gasteiger partial charge in [0.15, 0.2) is 0 Å². The summed E-state index contributed by atoms with van der Waals surface area (Å²) in [4.78, 5) is 0. The van der Waals surface area contributed by atoms with E-state index in [-0.39, 0.29) is 6.04 Å². The maximum absolute atomic E-state index is 5.58. The number of furan rings is 2. The number of nitrogens with two attached hydrogens (primary N) is 1. The summed E-state index contributed by atoms with van der Waals surface area (Å²) in [6, 6.07) is 4.00. The second-order valence-electron chi connectivity index (χ2n) is 3.92. The Labute approximate surface area is 94.4 Å². The molecule has 0 saturated heterocycles. The van der Waals surface area contributed by atoms with Crippen molar-refractivity contribution in [2.24, 2.45) is 5.84 Å². The highest BCUT2D eigenvalue weighted by Crippen LogP contribution is 2.24. The molecule has 2 aromatic heterocycles. The molecule has 0 fully saturated rings. The molecule has 4 heteroatoms.